The molecule has 6 rings (SSSR count). The third-order valence-electron chi connectivity index (χ3n) is 6.06. The fraction of sp³-hybridized carbons (Fsp3) is 0.167. The second-order valence-electron chi connectivity index (χ2n) is 8.07. The Kier molecular flexibility index (Phi) is 4.50. The summed E-state index contributed by atoms with van der Waals surface area (Å²) in [5.74, 6) is 0. The molecule has 4 heterocycles. The van der Waals surface area contributed by atoms with Gasteiger partial charge in [-0.15, -0.1) is 11.3 Å². The van der Waals surface area contributed by atoms with E-state index in [4.69, 9.17) is 10.2 Å². The summed E-state index contributed by atoms with van der Waals surface area (Å²) in [6.07, 6.45) is 3.44. The quantitative estimate of drug-likeness (QED) is 0.430. The van der Waals surface area contributed by atoms with Crippen molar-refractivity contribution in [1.29, 1.82) is 5.26 Å². The molecule has 0 bridgehead atoms. The molecular weight excluding hydrogens is 434 g/mol. The number of aliphatic hydroxyl groups is 1. The van der Waals surface area contributed by atoms with E-state index in [2.05, 4.69) is 21.4 Å². The molecule has 1 aliphatic heterocycles. The molecule has 0 amide bonds. The van der Waals surface area contributed by atoms with Crippen LogP contribution in [0.3, 0.4) is 0 Å². The monoisotopic (exact) mass is 453 g/mol. The van der Waals surface area contributed by atoms with Crippen LogP contribution in [0.4, 0.5) is 0 Å². The average Bonchev–Trinajstić information content (AvgIpc) is 3.53. The number of fused-ring (bicyclic) bond motifs is 4. The van der Waals surface area contributed by atoms with Crippen molar-refractivity contribution >= 4 is 38.8 Å². The number of nitrogens with one attached hydrogen (secondary N) is 1. The summed E-state index contributed by atoms with van der Waals surface area (Å²) in [4.78, 5) is 4.85. The minimum absolute atomic E-state index is 0.462. The van der Waals surface area contributed by atoms with Gasteiger partial charge in [-0.25, -0.2) is 4.98 Å². The van der Waals surface area contributed by atoms with Gasteiger partial charge in [-0.3, -0.25) is 10.1 Å². The number of aromatic nitrogens is 4. The van der Waals surface area contributed by atoms with Gasteiger partial charge in [-0.05, 0) is 29.3 Å². The number of hydrogen-bond donors (Lipinski definition) is 2. The molecule has 162 valence electrons. The van der Waals surface area contributed by atoms with Crippen LogP contribution in [-0.2, 0) is 20.0 Å². The number of nitriles is 1. The van der Waals surface area contributed by atoms with Gasteiger partial charge < -0.3 is 9.67 Å². The van der Waals surface area contributed by atoms with Crippen LogP contribution in [0.25, 0.3) is 21.3 Å². The number of aromatic amines is 1. The molecule has 1 aliphatic rings. The number of thiazole rings is 1. The van der Waals surface area contributed by atoms with Gasteiger partial charge in [0.15, 0.2) is 11.9 Å². The zero-order valence-electron chi connectivity index (χ0n) is 17.7. The summed E-state index contributed by atoms with van der Waals surface area (Å²) in [5, 5.41) is 35.5. The van der Waals surface area contributed by atoms with E-state index in [-0.39, 0.29) is 0 Å². The zero-order valence-corrected chi connectivity index (χ0v) is 18.5. The highest BCUT2D eigenvalue weighted by atomic mass is 32.1. The summed E-state index contributed by atoms with van der Waals surface area (Å²) >= 11 is 1.62. The predicted molar refractivity (Wildman–Crippen MR) is 127 cm³/mol. The van der Waals surface area contributed by atoms with Gasteiger partial charge >= 0.3 is 0 Å². The minimum atomic E-state index is -0.875. The SMILES string of the molecule is Cn1c2c(c3sc(Cc4ccc(C#N)cc4)nc31)C=NN(Cc1cccc3[nH]ncc13)C2O. The van der Waals surface area contributed by atoms with E-state index in [1.54, 1.807) is 22.5 Å². The molecule has 0 aliphatic carbocycles. The van der Waals surface area contributed by atoms with E-state index in [1.807, 2.05) is 60.3 Å². The number of hydrazone groups is 1. The fourth-order valence-electron chi connectivity index (χ4n) is 4.36. The zero-order chi connectivity index (χ0) is 22.5. The fourth-order valence-corrected chi connectivity index (χ4v) is 5.51. The van der Waals surface area contributed by atoms with Crippen molar-refractivity contribution in [3.8, 4) is 6.07 Å². The van der Waals surface area contributed by atoms with Gasteiger partial charge in [0.2, 0.25) is 0 Å². The van der Waals surface area contributed by atoms with E-state index in [9.17, 15) is 5.11 Å². The van der Waals surface area contributed by atoms with Crippen molar-refractivity contribution in [2.75, 3.05) is 0 Å². The molecule has 3 aromatic heterocycles. The van der Waals surface area contributed by atoms with E-state index < -0.39 is 6.23 Å². The van der Waals surface area contributed by atoms with E-state index >= 15 is 0 Å². The maximum atomic E-state index is 11.2. The van der Waals surface area contributed by atoms with Crippen LogP contribution in [0.15, 0.2) is 53.8 Å². The lowest BCUT2D eigenvalue weighted by molar-refractivity contribution is -0.00972. The molecule has 0 fully saturated rings. The highest BCUT2D eigenvalue weighted by Gasteiger charge is 2.30. The van der Waals surface area contributed by atoms with Crippen molar-refractivity contribution in [2.24, 2.45) is 12.1 Å². The first kappa shape index (κ1) is 19.7. The number of aryl methyl sites for hydroxylation is 1. The predicted octanol–water partition coefficient (Wildman–Crippen LogP) is 3.81. The van der Waals surface area contributed by atoms with Crippen molar-refractivity contribution in [3.05, 3.63) is 81.6 Å². The number of H-pyrrole nitrogens is 1. The molecule has 1 atom stereocenters. The molecule has 1 unspecified atom stereocenters. The highest BCUT2D eigenvalue weighted by Crippen LogP contribution is 2.37. The van der Waals surface area contributed by atoms with Crippen molar-refractivity contribution in [1.82, 2.24) is 24.8 Å². The Morgan fingerprint density at radius 2 is 2.06 bits per heavy atom. The molecule has 33 heavy (non-hydrogen) atoms. The van der Waals surface area contributed by atoms with Crippen LogP contribution in [0.2, 0.25) is 0 Å². The van der Waals surface area contributed by atoms with E-state index in [0.29, 0.717) is 18.5 Å². The van der Waals surface area contributed by atoms with Crippen molar-refractivity contribution in [2.45, 2.75) is 19.2 Å². The molecule has 8 nitrogen and oxygen atoms in total. The van der Waals surface area contributed by atoms with Crippen LogP contribution < -0.4 is 0 Å². The molecule has 0 saturated heterocycles. The first-order valence-electron chi connectivity index (χ1n) is 10.5. The molecule has 2 N–H and O–H groups in total. The summed E-state index contributed by atoms with van der Waals surface area (Å²) in [6, 6.07) is 15.7. The lowest BCUT2D eigenvalue weighted by Crippen LogP contribution is -2.29. The Hall–Kier alpha value is -4.00. The molecule has 9 heteroatoms. The van der Waals surface area contributed by atoms with Gasteiger partial charge in [0, 0.05) is 24.4 Å². The van der Waals surface area contributed by atoms with Gasteiger partial charge in [0.05, 0.1) is 46.5 Å². The van der Waals surface area contributed by atoms with Gasteiger partial charge in [-0.1, -0.05) is 24.3 Å². The van der Waals surface area contributed by atoms with Crippen LogP contribution in [0.1, 0.15) is 39.2 Å². The number of hydrogen-bond acceptors (Lipinski definition) is 7. The number of rotatable bonds is 4. The Morgan fingerprint density at radius 3 is 2.88 bits per heavy atom. The standard InChI is InChI=1S/C24H19N7OS/c1-30-21-18(22-23(30)28-20(33-22)9-14-5-7-15(10-25)8-6-14)12-27-31(24(21)32)13-16-3-2-4-19-17(16)11-26-29-19/h2-8,11-12,24,32H,9,13H2,1H3,(H,26,29). The highest BCUT2D eigenvalue weighted by molar-refractivity contribution is 7.19. The largest absolute Gasteiger partial charge is 0.367 e. The number of benzene rings is 2. The first-order valence-corrected chi connectivity index (χ1v) is 11.3. The third-order valence-corrected chi connectivity index (χ3v) is 7.14. The normalized spacial score (nSPS) is 15.3. The second-order valence-corrected chi connectivity index (χ2v) is 9.15. The summed E-state index contributed by atoms with van der Waals surface area (Å²) in [7, 11) is 1.93. The van der Waals surface area contributed by atoms with Crippen LogP contribution in [-0.4, -0.2) is 36.1 Å². The lowest BCUT2D eigenvalue weighted by Gasteiger charge is -2.29. The summed E-state index contributed by atoms with van der Waals surface area (Å²) in [6.45, 7) is 0.462. The van der Waals surface area contributed by atoms with Crippen LogP contribution in [0, 0.1) is 11.3 Å². The molecule has 5 aromatic rings. The smallest absolute Gasteiger partial charge is 0.184 e. The minimum Gasteiger partial charge on any atom is -0.367 e. The number of aliphatic hydroxyl groups excluding tert-OH is 1. The van der Waals surface area contributed by atoms with Crippen LogP contribution >= 0.6 is 11.3 Å². The number of nitrogens with zero attached hydrogens (tertiary/aromatic N) is 6. The Bertz CT molecular complexity index is 1570. The molecule has 0 saturated carbocycles. The third kappa shape index (κ3) is 3.19. The van der Waals surface area contributed by atoms with Crippen molar-refractivity contribution in [3.63, 3.8) is 0 Å². The Labute approximate surface area is 193 Å². The molecular formula is C24H19N7OS. The van der Waals surface area contributed by atoms with E-state index in [0.717, 1.165) is 48.6 Å². The molecule has 0 spiro atoms. The van der Waals surface area contributed by atoms with Gasteiger partial charge in [-0.2, -0.15) is 15.5 Å². The summed E-state index contributed by atoms with van der Waals surface area (Å²) < 4.78 is 2.99. The maximum Gasteiger partial charge on any atom is 0.184 e. The van der Waals surface area contributed by atoms with E-state index in [1.165, 1.54) is 0 Å². The van der Waals surface area contributed by atoms with Gasteiger partial charge in [0.1, 0.15) is 5.01 Å². The maximum absolute atomic E-state index is 11.2. The van der Waals surface area contributed by atoms with Crippen LogP contribution in [0.5, 0.6) is 0 Å². The Morgan fingerprint density at radius 1 is 1.21 bits per heavy atom. The van der Waals surface area contributed by atoms with Gasteiger partial charge in [0.25, 0.3) is 0 Å². The molecule has 2 aromatic carbocycles. The van der Waals surface area contributed by atoms with Crippen molar-refractivity contribution < 1.29 is 5.11 Å². The first-order chi connectivity index (χ1) is 16.1. The lowest BCUT2D eigenvalue weighted by atomic mass is 10.1. The second kappa shape index (κ2) is 7.55. The summed E-state index contributed by atoms with van der Waals surface area (Å²) in [5.41, 5.74) is 6.32. The molecule has 0 radical (unpaired) electrons. The average molecular weight is 454 g/mol. The topological polar surface area (TPSA) is 106 Å². The Balaban J connectivity index is 1.31.